The third kappa shape index (κ3) is 8.07. The van der Waals surface area contributed by atoms with Crippen LogP contribution in [-0.4, -0.2) is 69.4 Å². The Labute approximate surface area is 314 Å². The monoisotopic (exact) mass is 741 g/mol. The van der Waals surface area contributed by atoms with Crippen molar-refractivity contribution >= 4 is 11.4 Å². The minimum absolute atomic E-state index is 0.0106. The van der Waals surface area contributed by atoms with Gasteiger partial charge in [0.2, 0.25) is 5.79 Å². The number of hydrogen-bond acceptors (Lipinski definition) is 8. The highest BCUT2D eigenvalue weighted by Crippen LogP contribution is 2.38. The Bertz CT molecular complexity index is 2050. The van der Waals surface area contributed by atoms with E-state index in [0.29, 0.717) is 24.1 Å². The van der Waals surface area contributed by atoms with E-state index in [-0.39, 0.29) is 36.4 Å². The standard InChI is InChI=1S/C41H49F2N7O4/c1-29(2)37(40(3,4)5)23-48-20-21-50(39(48)51)33-9-7-31(8-10-33)46-16-18-47(19-17-46)32-11-13-34(14-12-32)52-24-35-25-53-41(54-35,26-49-28-44-27-45-49)36-15-6-30(42)22-38(36)43/h6-15,20-22,27-29,35,37H,16-19,23-26H2,1-5H3/t35-,37?,41?/m0/s1. The highest BCUT2D eigenvalue weighted by Gasteiger charge is 2.46. The van der Waals surface area contributed by atoms with E-state index in [0.717, 1.165) is 49.3 Å². The van der Waals surface area contributed by atoms with Crippen LogP contribution in [0.5, 0.6) is 5.75 Å². The van der Waals surface area contributed by atoms with Crippen LogP contribution < -0.4 is 20.2 Å². The molecule has 13 heteroatoms. The molecule has 0 bridgehead atoms. The third-order valence-corrected chi connectivity index (χ3v) is 10.6. The lowest BCUT2D eigenvalue weighted by atomic mass is 9.74. The number of aromatic nitrogens is 5. The van der Waals surface area contributed by atoms with E-state index >= 15 is 0 Å². The molecule has 2 fully saturated rings. The van der Waals surface area contributed by atoms with Crippen molar-refractivity contribution in [1.29, 1.82) is 0 Å². The summed E-state index contributed by atoms with van der Waals surface area (Å²) >= 11 is 0. The lowest BCUT2D eigenvalue weighted by Crippen LogP contribution is -2.46. The van der Waals surface area contributed by atoms with E-state index in [1.807, 2.05) is 53.4 Å². The molecule has 5 aromatic rings. The van der Waals surface area contributed by atoms with Crippen LogP contribution in [0.3, 0.4) is 0 Å². The number of benzene rings is 3. The third-order valence-electron chi connectivity index (χ3n) is 10.6. The molecule has 2 aliphatic rings. The van der Waals surface area contributed by atoms with Crippen LogP contribution in [-0.2, 0) is 28.4 Å². The first-order valence-corrected chi connectivity index (χ1v) is 18.6. The molecule has 3 aromatic carbocycles. The van der Waals surface area contributed by atoms with Crippen molar-refractivity contribution < 1.29 is 23.0 Å². The van der Waals surface area contributed by atoms with Gasteiger partial charge in [-0.25, -0.2) is 23.2 Å². The number of nitrogens with zero attached hydrogens (tertiary/aromatic N) is 7. The highest BCUT2D eigenvalue weighted by atomic mass is 19.1. The average Bonchev–Trinajstić information content (AvgIpc) is 3.90. The zero-order chi connectivity index (χ0) is 38.0. The van der Waals surface area contributed by atoms with E-state index in [1.165, 1.54) is 29.5 Å². The van der Waals surface area contributed by atoms with Crippen molar-refractivity contribution in [1.82, 2.24) is 23.9 Å². The van der Waals surface area contributed by atoms with Gasteiger partial charge in [-0.15, -0.1) is 0 Å². The molecule has 2 aromatic heterocycles. The SMILES string of the molecule is CC(C)C(Cn1ccn(-c2ccc(N3CCN(c4ccc(OC[C@H]5COC(Cn6cncn6)(c6ccc(F)cc6F)O5)cc4)CC3)cc2)c1=O)C(C)(C)C. The normalized spacial score (nSPS) is 19.8. The Hall–Kier alpha value is -5.01. The number of piperazine rings is 1. The van der Waals surface area contributed by atoms with Crippen LogP contribution >= 0.6 is 0 Å². The number of anilines is 2. The van der Waals surface area contributed by atoms with Gasteiger partial charge in [0.25, 0.3) is 0 Å². The summed E-state index contributed by atoms with van der Waals surface area (Å²) in [4.78, 5) is 22.0. The van der Waals surface area contributed by atoms with Gasteiger partial charge in [0.15, 0.2) is 0 Å². The number of ether oxygens (including phenoxy) is 3. The van der Waals surface area contributed by atoms with Gasteiger partial charge in [-0.2, -0.15) is 5.10 Å². The zero-order valence-electron chi connectivity index (χ0n) is 31.6. The molecule has 286 valence electrons. The molecular formula is C41H49F2N7O4. The maximum absolute atomic E-state index is 14.9. The summed E-state index contributed by atoms with van der Waals surface area (Å²) in [6.45, 7) is 15.7. The zero-order valence-corrected chi connectivity index (χ0v) is 31.6. The van der Waals surface area contributed by atoms with E-state index in [1.54, 1.807) is 4.57 Å². The van der Waals surface area contributed by atoms with Crippen molar-refractivity contribution in [2.45, 2.75) is 59.6 Å². The largest absolute Gasteiger partial charge is 0.491 e. The van der Waals surface area contributed by atoms with Gasteiger partial charge in [0.05, 0.1) is 12.3 Å². The quantitative estimate of drug-likeness (QED) is 0.143. The minimum Gasteiger partial charge on any atom is -0.491 e. The summed E-state index contributed by atoms with van der Waals surface area (Å²) in [7, 11) is 0. The molecule has 7 rings (SSSR count). The predicted octanol–water partition coefficient (Wildman–Crippen LogP) is 6.50. The Morgan fingerprint density at radius 1 is 0.907 bits per heavy atom. The van der Waals surface area contributed by atoms with Gasteiger partial charge in [-0.1, -0.05) is 34.6 Å². The smallest absolute Gasteiger partial charge is 0.332 e. The summed E-state index contributed by atoms with van der Waals surface area (Å²) in [5.74, 6) is -1.44. The number of halogens is 2. The van der Waals surface area contributed by atoms with Crippen LogP contribution in [0.25, 0.3) is 5.69 Å². The lowest BCUT2D eigenvalue weighted by molar-refractivity contribution is -0.192. The molecule has 0 saturated carbocycles. The predicted molar refractivity (Wildman–Crippen MR) is 203 cm³/mol. The first-order chi connectivity index (χ1) is 25.9. The van der Waals surface area contributed by atoms with Gasteiger partial charge in [0.1, 0.15) is 49.3 Å². The second kappa shape index (κ2) is 15.4. The highest BCUT2D eigenvalue weighted by molar-refractivity contribution is 5.54. The van der Waals surface area contributed by atoms with Gasteiger partial charge in [-0.3, -0.25) is 9.13 Å². The summed E-state index contributed by atoms with van der Waals surface area (Å²) < 4.78 is 52.0. The van der Waals surface area contributed by atoms with Crippen molar-refractivity contribution in [3.8, 4) is 11.4 Å². The molecule has 11 nitrogen and oxygen atoms in total. The van der Waals surface area contributed by atoms with E-state index in [4.69, 9.17) is 14.2 Å². The molecule has 0 spiro atoms. The van der Waals surface area contributed by atoms with Crippen LogP contribution in [0, 0.1) is 28.9 Å². The van der Waals surface area contributed by atoms with Crippen molar-refractivity contribution in [2.75, 3.05) is 49.2 Å². The summed E-state index contributed by atoms with van der Waals surface area (Å²) in [6, 6.07) is 19.5. The number of hydrogen-bond donors (Lipinski definition) is 0. The fraction of sp³-hybridized carbons (Fsp3) is 0.439. The second-order valence-electron chi connectivity index (χ2n) is 15.6. The average molecular weight is 742 g/mol. The van der Waals surface area contributed by atoms with Crippen LogP contribution in [0.15, 0.2) is 96.6 Å². The Kier molecular flexibility index (Phi) is 10.6. The van der Waals surface area contributed by atoms with Gasteiger partial charge in [0, 0.05) is 68.1 Å². The fourth-order valence-electron chi connectivity index (χ4n) is 7.72. The molecule has 0 aliphatic carbocycles. The van der Waals surface area contributed by atoms with Gasteiger partial charge >= 0.3 is 5.69 Å². The number of rotatable bonds is 12. The van der Waals surface area contributed by atoms with Crippen molar-refractivity contribution in [3.63, 3.8) is 0 Å². The van der Waals surface area contributed by atoms with Gasteiger partial charge in [-0.05, 0) is 77.9 Å². The molecule has 0 radical (unpaired) electrons. The molecular weight excluding hydrogens is 692 g/mol. The summed E-state index contributed by atoms with van der Waals surface area (Å²) in [6.07, 6.45) is 6.13. The maximum Gasteiger partial charge on any atom is 0.332 e. The molecule has 54 heavy (non-hydrogen) atoms. The molecule has 2 saturated heterocycles. The Morgan fingerprint density at radius 3 is 2.15 bits per heavy atom. The van der Waals surface area contributed by atoms with E-state index in [9.17, 15) is 13.6 Å². The number of imidazole rings is 1. The van der Waals surface area contributed by atoms with Crippen LogP contribution in [0.2, 0.25) is 0 Å². The molecule has 0 N–H and O–H groups in total. The first kappa shape index (κ1) is 37.3. The minimum atomic E-state index is -1.51. The summed E-state index contributed by atoms with van der Waals surface area (Å²) in [5.41, 5.74) is 3.27. The second-order valence-corrected chi connectivity index (χ2v) is 15.6. The molecule has 2 aliphatic heterocycles. The maximum atomic E-state index is 14.9. The first-order valence-electron chi connectivity index (χ1n) is 18.6. The molecule has 2 unspecified atom stereocenters. The Morgan fingerprint density at radius 2 is 1.56 bits per heavy atom. The fourth-order valence-corrected chi connectivity index (χ4v) is 7.72. The molecule has 4 heterocycles. The topological polar surface area (TPSA) is 91.8 Å². The van der Waals surface area contributed by atoms with E-state index < -0.39 is 23.5 Å². The van der Waals surface area contributed by atoms with Crippen molar-refractivity contribution in [2.24, 2.45) is 17.3 Å². The van der Waals surface area contributed by atoms with Crippen molar-refractivity contribution in [3.05, 3.63) is 119 Å². The van der Waals surface area contributed by atoms with Crippen LogP contribution in [0.4, 0.5) is 20.2 Å². The molecule has 0 amide bonds. The summed E-state index contributed by atoms with van der Waals surface area (Å²) in [5, 5.41) is 4.11. The van der Waals surface area contributed by atoms with Crippen LogP contribution in [0.1, 0.15) is 40.2 Å². The van der Waals surface area contributed by atoms with E-state index in [2.05, 4.69) is 66.6 Å². The lowest BCUT2D eigenvalue weighted by Gasteiger charge is -2.37. The van der Waals surface area contributed by atoms with Gasteiger partial charge < -0.3 is 24.0 Å². The molecule has 3 atom stereocenters. The Balaban J connectivity index is 0.915.